The lowest BCUT2D eigenvalue weighted by molar-refractivity contribution is -0.121. The minimum atomic E-state index is 0.472. The topological polar surface area (TPSA) is 29.1 Å². The molecule has 0 spiro atoms. The van der Waals surface area contributed by atoms with E-state index in [4.69, 9.17) is 0 Å². The van der Waals surface area contributed by atoms with Crippen LogP contribution in [0, 0.1) is 5.92 Å². The second kappa shape index (κ2) is 5.31. The summed E-state index contributed by atoms with van der Waals surface area (Å²) < 4.78 is 0. The number of rotatable bonds is 4. The van der Waals surface area contributed by atoms with Gasteiger partial charge in [-0.25, -0.2) is 0 Å². The Morgan fingerprint density at radius 2 is 2.08 bits per heavy atom. The van der Waals surface area contributed by atoms with E-state index in [1.807, 2.05) is 7.05 Å². The first kappa shape index (κ1) is 9.72. The van der Waals surface area contributed by atoms with E-state index >= 15 is 0 Å². The summed E-state index contributed by atoms with van der Waals surface area (Å²) in [5.74, 6) is 1.30. The molecule has 0 unspecified atom stereocenters. The Balaban J connectivity index is 2.05. The van der Waals surface area contributed by atoms with Crippen molar-refractivity contribution >= 4 is 5.78 Å². The Kier molecular flexibility index (Phi) is 4.30. The van der Waals surface area contributed by atoms with Crippen LogP contribution in [0.2, 0.25) is 0 Å². The maximum absolute atomic E-state index is 10.9. The highest BCUT2D eigenvalue weighted by atomic mass is 16.1. The highest BCUT2D eigenvalue weighted by Gasteiger charge is 2.17. The quantitative estimate of drug-likeness (QED) is 0.649. The molecular weight excluding hydrogens is 150 g/mol. The van der Waals surface area contributed by atoms with Crippen molar-refractivity contribution in [1.82, 2.24) is 5.32 Å². The highest BCUT2D eigenvalue weighted by Crippen LogP contribution is 2.25. The first-order valence-corrected chi connectivity index (χ1v) is 4.99. The van der Waals surface area contributed by atoms with Crippen LogP contribution in [0.3, 0.4) is 0 Å². The molecule has 0 bridgehead atoms. The van der Waals surface area contributed by atoms with Crippen LogP contribution in [-0.2, 0) is 4.79 Å². The fourth-order valence-corrected chi connectivity index (χ4v) is 1.86. The molecule has 0 aromatic rings. The monoisotopic (exact) mass is 169 g/mol. The zero-order valence-corrected chi connectivity index (χ0v) is 7.94. The van der Waals surface area contributed by atoms with E-state index < -0.39 is 0 Å². The van der Waals surface area contributed by atoms with Crippen LogP contribution in [0.4, 0.5) is 0 Å². The van der Waals surface area contributed by atoms with Crippen LogP contribution < -0.4 is 5.32 Å². The van der Waals surface area contributed by atoms with E-state index in [0.29, 0.717) is 5.78 Å². The zero-order chi connectivity index (χ0) is 8.81. The van der Waals surface area contributed by atoms with Gasteiger partial charge in [0, 0.05) is 12.8 Å². The Bertz CT molecular complexity index is 135. The summed E-state index contributed by atoms with van der Waals surface area (Å²) in [6.07, 6.45) is 6.52. The Labute approximate surface area is 74.7 Å². The van der Waals surface area contributed by atoms with Crippen molar-refractivity contribution < 1.29 is 4.79 Å². The molecule has 0 amide bonds. The van der Waals surface area contributed by atoms with Crippen LogP contribution in [0.1, 0.15) is 38.5 Å². The maximum atomic E-state index is 10.9. The van der Waals surface area contributed by atoms with Crippen LogP contribution in [0.5, 0.6) is 0 Å². The van der Waals surface area contributed by atoms with Gasteiger partial charge < -0.3 is 5.32 Å². The van der Waals surface area contributed by atoms with Crippen molar-refractivity contribution in [2.75, 3.05) is 13.6 Å². The first-order chi connectivity index (χ1) is 5.83. The van der Waals surface area contributed by atoms with Crippen LogP contribution in [-0.4, -0.2) is 19.4 Å². The minimum absolute atomic E-state index is 0.472. The van der Waals surface area contributed by atoms with E-state index in [0.717, 1.165) is 38.1 Å². The van der Waals surface area contributed by atoms with Crippen LogP contribution in [0.25, 0.3) is 0 Å². The van der Waals surface area contributed by atoms with Crippen LogP contribution in [0.15, 0.2) is 0 Å². The largest absolute Gasteiger partial charge is 0.320 e. The van der Waals surface area contributed by atoms with Crippen molar-refractivity contribution in [3.63, 3.8) is 0 Å². The number of carbonyl (C=O) groups excluding carboxylic acids is 1. The average Bonchev–Trinajstić information content (AvgIpc) is 2.09. The molecule has 1 N–H and O–H groups in total. The molecule has 1 saturated carbocycles. The molecule has 0 aromatic heterocycles. The Hall–Kier alpha value is -0.370. The Morgan fingerprint density at radius 1 is 1.42 bits per heavy atom. The normalized spacial score (nSPS) is 19.9. The van der Waals surface area contributed by atoms with Gasteiger partial charge in [-0.1, -0.05) is 0 Å². The summed E-state index contributed by atoms with van der Waals surface area (Å²) in [6, 6.07) is 0. The molecule has 0 atom stereocenters. The summed E-state index contributed by atoms with van der Waals surface area (Å²) >= 11 is 0. The predicted octanol–water partition coefficient (Wildman–Crippen LogP) is 1.75. The van der Waals surface area contributed by atoms with Gasteiger partial charge >= 0.3 is 0 Å². The number of carbonyl (C=O) groups is 1. The SMILES string of the molecule is CNCCCC1CCC(=O)CC1. The molecule has 1 aliphatic carbocycles. The zero-order valence-electron chi connectivity index (χ0n) is 7.94. The van der Waals surface area contributed by atoms with Crippen molar-refractivity contribution in [2.24, 2.45) is 5.92 Å². The molecule has 0 saturated heterocycles. The van der Waals surface area contributed by atoms with E-state index in [1.54, 1.807) is 0 Å². The third kappa shape index (κ3) is 3.35. The fourth-order valence-electron chi connectivity index (χ4n) is 1.86. The molecule has 0 aliphatic heterocycles. The van der Waals surface area contributed by atoms with Crippen molar-refractivity contribution in [2.45, 2.75) is 38.5 Å². The maximum Gasteiger partial charge on any atom is 0.132 e. The predicted molar refractivity (Wildman–Crippen MR) is 50.1 cm³/mol. The van der Waals surface area contributed by atoms with Gasteiger partial charge in [0.1, 0.15) is 5.78 Å². The van der Waals surface area contributed by atoms with Gasteiger partial charge in [0.25, 0.3) is 0 Å². The van der Waals surface area contributed by atoms with E-state index in [1.165, 1.54) is 12.8 Å². The van der Waals surface area contributed by atoms with Crippen molar-refractivity contribution in [3.05, 3.63) is 0 Å². The Morgan fingerprint density at radius 3 is 2.67 bits per heavy atom. The van der Waals surface area contributed by atoms with E-state index in [9.17, 15) is 4.79 Å². The summed E-state index contributed by atoms with van der Waals surface area (Å²) in [5, 5.41) is 3.15. The summed E-state index contributed by atoms with van der Waals surface area (Å²) in [5.41, 5.74) is 0. The number of nitrogens with one attached hydrogen (secondary N) is 1. The minimum Gasteiger partial charge on any atom is -0.320 e. The van der Waals surface area contributed by atoms with E-state index in [2.05, 4.69) is 5.32 Å². The van der Waals surface area contributed by atoms with Gasteiger partial charge in [-0.3, -0.25) is 4.79 Å². The number of hydrogen-bond donors (Lipinski definition) is 1. The molecule has 0 heterocycles. The lowest BCUT2D eigenvalue weighted by atomic mass is 9.85. The van der Waals surface area contributed by atoms with E-state index in [-0.39, 0.29) is 0 Å². The molecule has 2 nitrogen and oxygen atoms in total. The molecule has 1 fully saturated rings. The first-order valence-electron chi connectivity index (χ1n) is 4.99. The average molecular weight is 169 g/mol. The second-order valence-corrected chi connectivity index (χ2v) is 3.73. The van der Waals surface area contributed by atoms with Gasteiger partial charge in [0.05, 0.1) is 0 Å². The lowest BCUT2D eigenvalue weighted by Gasteiger charge is -2.20. The number of Topliss-reactive ketones (excluding diaryl/α,β-unsaturated/α-hetero) is 1. The molecule has 12 heavy (non-hydrogen) atoms. The smallest absolute Gasteiger partial charge is 0.132 e. The standard InChI is InChI=1S/C10H19NO/c1-11-8-2-3-9-4-6-10(12)7-5-9/h9,11H,2-8H2,1H3. The van der Waals surface area contributed by atoms with Gasteiger partial charge in [-0.15, -0.1) is 0 Å². The van der Waals surface area contributed by atoms with Crippen molar-refractivity contribution in [1.29, 1.82) is 0 Å². The van der Waals surface area contributed by atoms with Gasteiger partial charge in [0.15, 0.2) is 0 Å². The number of ketones is 1. The second-order valence-electron chi connectivity index (χ2n) is 3.73. The summed E-state index contributed by atoms with van der Waals surface area (Å²) in [7, 11) is 1.99. The molecule has 0 radical (unpaired) electrons. The molecule has 1 aliphatic rings. The van der Waals surface area contributed by atoms with Crippen molar-refractivity contribution in [3.8, 4) is 0 Å². The molecular formula is C10H19NO. The molecule has 2 heteroatoms. The third-order valence-electron chi connectivity index (χ3n) is 2.70. The van der Waals surface area contributed by atoms with Gasteiger partial charge in [0.2, 0.25) is 0 Å². The number of hydrogen-bond acceptors (Lipinski definition) is 2. The molecule has 0 aromatic carbocycles. The summed E-state index contributed by atoms with van der Waals surface area (Å²) in [6.45, 7) is 1.12. The van der Waals surface area contributed by atoms with Gasteiger partial charge in [-0.2, -0.15) is 0 Å². The summed E-state index contributed by atoms with van der Waals surface area (Å²) in [4.78, 5) is 10.9. The lowest BCUT2D eigenvalue weighted by Crippen LogP contribution is -2.15. The highest BCUT2D eigenvalue weighted by molar-refractivity contribution is 5.78. The molecule has 70 valence electrons. The van der Waals surface area contributed by atoms with Crippen LogP contribution >= 0.6 is 0 Å². The van der Waals surface area contributed by atoms with Gasteiger partial charge in [-0.05, 0) is 45.2 Å². The fraction of sp³-hybridized carbons (Fsp3) is 0.900. The molecule has 1 rings (SSSR count). The third-order valence-corrected chi connectivity index (χ3v) is 2.70.